The Kier molecular flexibility index (Phi) is 3.58. The van der Waals surface area contributed by atoms with E-state index in [2.05, 4.69) is 24.2 Å². The van der Waals surface area contributed by atoms with Gasteiger partial charge in [-0.15, -0.1) is 0 Å². The van der Waals surface area contributed by atoms with E-state index in [4.69, 9.17) is 0 Å². The van der Waals surface area contributed by atoms with E-state index in [9.17, 15) is 4.79 Å². The standard InChI is InChI=1S/C15H14N6OS/c22-14(13-12-11(3-5-17-13)2-1-4-16-12)20-6-8-21(9-7-20)15-18-10-19-23-15/h1-5,10H,6-9H2. The number of hydrogen-bond acceptors (Lipinski definition) is 7. The number of piperazine rings is 1. The second-order valence-corrected chi connectivity index (χ2v) is 6.00. The molecule has 1 amide bonds. The van der Waals surface area contributed by atoms with Crippen LogP contribution in [0.4, 0.5) is 5.13 Å². The van der Waals surface area contributed by atoms with E-state index in [0.717, 1.165) is 23.6 Å². The predicted octanol–water partition coefficient (Wildman–Crippen LogP) is 1.44. The Balaban J connectivity index is 1.54. The normalized spacial score (nSPS) is 15.1. The first-order chi connectivity index (χ1) is 11.3. The van der Waals surface area contributed by atoms with Gasteiger partial charge in [-0.3, -0.25) is 9.78 Å². The summed E-state index contributed by atoms with van der Waals surface area (Å²) >= 11 is 1.38. The molecule has 0 atom stereocenters. The van der Waals surface area contributed by atoms with Gasteiger partial charge in [0.25, 0.3) is 5.91 Å². The molecule has 4 rings (SSSR count). The highest BCUT2D eigenvalue weighted by molar-refractivity contribution is 7.09. The molecular formula is C15H14N6OS. The van der Waals surface area contributed by atoms with Crippen LogP contribution in [0.5, 0.6) is 0 Å². The molecule has 3 aromatic heterocycles. The smallest absolute Gasteiger partial charge is 0.274 e. The van der Waals surface area contributed by atoms with Crippen LogP contribution in [0.3, 0.4) is 0 Å². The van der Waals surface area contributed by atoms with Gasteiger partial charge in [-0.2, -0.15) is 4.37 Å². The van der Waals surface area contributed by atoms with Crippen LogP contribution in [0, 0.1) is 0 Å². The monoisotopic (exact) mass is 326 g/mol. The van der Waals surface area contributed by atoms with Gasteiger partial charge >= 0.3 is 0 Å². The van der Waals surface area contributed by atoms with Crippen molar-refractivity contribution in [3.63, 3.8) is 0 Å². The first kappa shape index (κ1) is 14.0. The Morgan fingerprint density at radius 2 is 1.91 bits per heavy atom. The van der Waals surface area contributed by atoms with Crippen LogP contribution < -0.4 is 4.90 Å². The van der Waals surface area contributed by atoms with Gasteiger partial charge in [0.05, 0.1) is 0 Å². The molecule has 0 aromatic carbocycles. The van der Waals surface area contributed by atoms with Crippen molar-refractivity contribution in [1.29, 1.82) is 0 Å². The van der Waals surface area contributed by atoms with Gasteiger partial charge in [0.15, 0.2) is 5.69 Å². The van der Waals surface area contributed by atoms with Crippen LogP contribution in [-0.2, 0) is 0 Å². The predicted molar refractivity (Wildman–Crippen MR) is 87.6 cm³/mol. The van der Waals surface area contributed by atoms with Crippen LogP contribution in [0.2, 0.25) is 0 Å². The number of fused-ring (bicyclic) bond motifs is 1. The molecule has 1 fully saturated rings. The summed E-state index contributed by atoms with van der Waals surface area (Å²) in [5.74, 6) is -0.0637. The van der Waals surface area contributed by atoms with Crippen LogP contribution in [-0.4, -0.2) is 56.3 Å². The van der Waals surface area contributed by atoms with Gasteiger partial charge in [-0.1, -0.05) is 6.07 Å². The van der Waals surface area contributed by atoms with Crippen molar-refractivity contribution < 1.29 is 4.79 Å². The highest BCUT2D eigenvalue weighted by atomic mass is 32.1. The molecule has 23 heavy (non-hydrogen) atoms. The molecule has 0 radical (unpaired) electrons. The van der Waals surface area contributed by atoms with Gasteiger partial charge in [0.1, 0.15) is 11.8 Å². The lowest BCUT2D eigenvalue weighted by atomic mass is 10.2. The second-order valence-electron chi connectivity index (χ2n) is 5.24. The number of aromatic nitrogens is 4. The van der Waals surface area contributed by atoms with Gasteiger partial charge < -0.3 is 9.80 Å². The fourth-order valence-corrected chi connectivity index (χ4v) is 3.30. The SMILES string of the molecule is O=C(c1nccc2cccnc12)N1CCN(c2ncns2)CC1. The number of nitrogens with zero attached hydrogens (tertiary/aromatic N) is 6. The molecule has 0 N–H and O–H groups in total. The van der Waals surface area contributed by atoms with Crippen LogP contribution >= 0.6 is 11.5 Å². The third kappa shape index (κ3) is 2.61. The number of rotatable bonds is 2. The summed E-state index contributed by atoms with van der Waals surface area (Å²) < 4.78 is 4.02. The van der Waals surface area contributed by atoms with E-state index in [1.807, 2.05) is 23.1 Å². The zero-order valence-electron chi connectivity index (χ0n) is 12.3. The summed E-state index contributed by atoms with van der Waals surface area (Å²) in [7, 11) is 0. The maximum atomic E-state index is 12.8. The quantitative estimate of drug-likeness (QED) is 0.709. The first-order valence-corrected chi connectivity index (χ1v) is 8.11. The average molecular weight is 326 g/mol. The highest BCUT2D eigenvalue weighted by Crippen LogP contribution is 2.19. The Bertz CT molecular complexity index is 824. The lowest BCUT2D eigenvalue weighted by Crippen LogP contribution is -2.49. The molecule has 3 aromatic rings. The highest BCUT2D eigenvalue weighted by Gasteiger charge is 2.25. The minimum Gasteiger partial charge on any atom is -0.343 e. The zero-order chi connectivity index (χ0) is 15.6. The van der Waals surface area contributed by atoms with E-state index < -0.39 is 0 Å². The molecule has 0 saturated carbocycles. The average Bonchev–Trinajstić information content (AvgIpc) is 3.15. The molecule has 0 unspecified atom stereocenters. The number of hydrogen-bond donors (Lipinski definition) is 0. The van der Waals surface area contributed by atoms with Gasteiger partial charge in [-0.25, -0.2) is 9.97 Å². The summed E-state index contributed by atoms with van der Waals surface area (Å²) in [4.78, 5) is 29.6. The maximum Gasteiger partial charge on any atom is 0.274 e. The maximum absolute atomic E-state index is 12.8. The number of amides is 1. The van der Waals surface area contributed by atoms with Gasteiger partial charge in [-0.05, 0) is 12.1 Å². The molecule has 116 valence electrons. The van der Waals surface area contributed by atoms with Crippen LogP contribution in [0.25, 0.3) is 10.9 Å². The number of anilines is 1. The molecule has 1 saturated heterocycles. The lowest BCUT2D eigenvalue weighted by Gasteiger charge is -2.34. The Labute approximate surface area is 136 Å². The number of pyridine rings is 2. The van der Waals surface area contributed by atoms with Crippen molar-refractivity contribution in [3.8, 4) is 0 Å². The topological polar surface area (TPSA) is 75.1 Å². The minimum atomic E-state index is -0.0637. The van der Waals surface area contributed by atoms with E-state index in [1.54, 1.807) is 18.7 Å². The summed E-state index contributed by atoms with van der Waals surface area (Å²) in [5.41, 5.74) is 1.08. The molecule has 0 bridgehead atoms. The van der Waals surface area contributed by atoms with Gasteiger partial charge in [0, 0.05) is 55.5 Å². The van der Waals surface area contributed by atoms with Crippen molar-refractivity contribution in [2.45, 2.75) is 0 Å². The summed E-state index contributed by atoms with van der Waals surface area (Å²) in [6.07, 6.45) is 4.91. The lowest BCUT2D eigenvalue weighted by molar-refractivity contribution is 0.0743. The third-order valence-electron chi connectivity index (χ3n) is 3.91. The molecule has 8 heteroatoms. The molecule has 4 heterocycles. The fourth-order valence-electron chi connectivity index (χ4n) is 2.72. The molecular weight excluding hydrogens is 312 g/mol. The molecule has 0 spiro atoms. The third-order valence-corrected chi connectivity index (χ3v) is 4.64. The Morgan fingerprint density at radius 3 is 2.70 bits per heavy atom. The summed E-state index contributed by atoms with van der Waals surface area (Å²) in [6.45, 7) is 2.78. The van der Waals surface area contributed by atoms with Gasteiger partial charge in [0.2, 0.25) is 5.13 Å². The van der Waals surface area contributed by atoms with E-state index in [1.165, 1.54) is 11.5 Å². The van der Waals surface area contributed by atoms with Crippen LogP contribution in [0.15, 0.2) is 36.9 Å². The zero-order valence-corrected chi connectivity index (χ0v) is 13.1. The molecule has 7 nitrogen and oxygen atoms in total. The minimum absolute atomic E-state index is 0.0637. The van der Waals surface area contributed by atoms with E-state index in [0.29, 0.717) is 24.3 Å². The summed E-state index contributed by atoms with van der Waals surface area (Å²) in [6, 6.07) is 5.66. The number of carbonyl (C=O) groups is 1. The largest absolute Gasteiger partial charge is 0.343 e. The molecule has 1 aliphatic heterocycles. The van der Waals surface area contributed by atoms with E-state index in [-0.39, 0.29) is 5.91 Å². The van der Waals surface area contributed by atoms with E-state index >= 15 is 0 Å². The Hall–Kier alpha value is -2.61. The number of carbonyl (C=O) groups excluding carboxylic acids is 1. The van der Waals surface area contributed by atoms with Crippen molar-refractivity contribution >= 4 is 33.5 Å². The van der Waals surface area contributed by atoms with Crippen LogP contribution in [0.1, 0.15) is 10.5 Å². The first-order valence-electron chi connectivity index (χ1n) is 7.33. The van der Waals surface area contributed by atoms with Crippen molar-refractivity contribution in [1.82, 2.24) is 24.2 Å². The fraction of sp³-hybridized carbons (Fsp3) is 0.267. The van der Waals surface area contributed by atoms with Crippen molar-refractivity contribution in [2.75, 3.05) is 31.1 Å². The summed E-state index contributed by atoms with van der Waals surface area (Å²) in [5, 5.41) is 1.83. The second kappa shape index (κ2) is 5.88. The molecule has 0 aliphatic carbocycles. The Morgan fingerprint density at radius 1 is 1.04 bits per heavy atom. The van der Waals surface area contributed by atoms with Crippen molar-refractivity contribution in [2.24, 2.45) is 0 Å². The van der Waals surface area contributed by atoms with Crippen molar-refractivity contribution in [3.05, 3.63) is 42.6 Å². The molecule has 1 aliphatic rings.